The van der Waals surface area contributed by atoms with Crippen LogP contribution in [0.4, 0.5) is 42.8 Å². The zero-order chi connectivity index (χ0) is 35.9. The van der Waals surface area contributed by atoms with Crippen LogP contribution in [0, 0.1) is 11.3 Å². The first-order valence-corrected chi connectivity index (χ1v) is 15.4. The van der Waals surface area contributed by atoms with Gasteiger partial charge in [-0.15, -0.1) is 0 Å². The van der Waals surface area contributed by atoms with Crippen molar-refractivity contribution in [3.8, 4) is 11.8 Å². The van der Waals surface area contributed by atoms with Crippen LogP contribution in [0.2, 0.25) is 0 Å². The summed E-state index contributed by atoms with van der Waals surface area (Å²) in [6, 6.07) is 5.83. The monoisotopic (exact) mass is 693 g/mol. The maximum Gasteiger partial charge on any atom is 0.416 e. The number of carbonyl (C=O) groups excluding carboxylic acids is 1. The minimum absolute atomic E-state index is 0.00980. The van der Waals surface area contributed by atoms with E-state index >= 15 is 0 Å². The van der Waals surface area contributed by atoms with Crippen LogP contribution in [0.25, 0.3) is 0 Å². The van der Waals surface area contributed by atoms with Gasteiger partial charge in [-0.1, -0.05) is 6.92 Å². The molecule has 10 nitrogen and oxygen atoms in total. The second-order valence-electron chi connectivity index (χ2n) is 11.2. The van der Waals surface area contributed by atoms with E-state index in [9.17, 15) is 41.2 Å². The van der Waals surface area contributed by atoms with Crippen molar-refractivity contribution in [2.24, 2.45) is 0 Å². The molecule has 2 aromatic carbocycles. The second kappa shape index (κ2) is 15.4. The van der Waals surface area contributed by atoms with E-state index in [-0.39, 0.29) is 66.7 Å². The number of aliphatic carboxylic acids is 1. The molecule has 0 unspecified atom stereocenters. The van der Waals surface area contributed by atoms with Crippen molar-refractivity contribution in [1.29, 1.82) is 5.26 Å². The largest absolute Gasteiger partial charge is 0.490 e. The molecule has 3 aromatic rings. The van der Waals surface area contributed by atoms with Crippen LogP contribution in [-0.4, -0.2) is 46.4 Å². The SMILES string of the molecule is CCOC(=O)N1c2ccc(C(F)(F)F)cc2[C@@H](N(Cc2cc(C#N)cc(C(F)(F)F)c2)c2ncc(OCCCCC(=O)O)cn2)C[C@H]1CC. The number of carbonyl (C=O) groups is 2. The number of rotatable bonds is 12. The normalized spacial score (nSPS) is 16.0. The van der Waals surface area contributed by atoms with Gasteiger partial charge in [0.25, 0.3) is 0 Å². The number of alkyl halides is 6. The fraction of sp³-hybridized carbons (Fsp3) is 0.424. The topological polar surface area (TPSA) is 129 Å². The van der Waals surface area contributed by atoms with Crippen molar-refractivity contribution in [3.63, 3.8) is 0 Å². The lowest BCUT2D eigenvalue weighted by Crippen LogP contribution is -2.48. The van der Waals surface area contributed by atoms with Crippen LogP contribution in [0.1, 0.15) is 79.8 Å². The van der Waals surface area contributed by atoms with E-state index in [1.165, 1.54) is 34.3 Å². The molecule has 16 heteroatoms. The molecule has 1 aliphatic rings. The third kappa shape index (κ3) is 9.09. The van der Waals surface area contributed by atoms with E-state index in [0.29, 0.717) is 25.3 Å². The van der Waals surface area contributed by atoms with Crippen LogP contribution >= 0.6 is 0 Å². The molecule has 2 atom stereocenters. The summed E-state index contributed by atoms with van der Waals surface area (Å²) < 4.78 is 94.4. The minimum atomic E-state index is -4.79. The van der Waals surface area contributed by atoms with Crippen LogP contribution < -0.4 is 14.5 Å². The molecule has 1 aliphatic heterocycles. The standard InChI is InChI=1S/C33H33F6N5O5/c1-3-24-15-28(26-14-22(32(34,35)36)8-9-27(26)44(24)31(47)48-4-2)43(19-21-11-20(16-40)12-23(13-21)33(37,38)39)30-41-17-25(18-42-30)49-10-6-5-7-29(45)46/h8-9,11-14,17-18,24,28H,3-7,10,15,19H2,1-2H3,(H,45,46)/t24-,28+/m1/s1. The highest BCUT2D eigenvalue weighted by atomic mass is 19.4. The maximum atomic E-state index is 14.0. The molecular weight excluding hydrogens is 660 g/mol. The summed E-state index contributed by atoms with van der Waals surface area (Å²) >= 11 is 0. The lowest BCUT2D eigenvalue weighted by atomic mass is 9.87. The zero-order valence-corrected chi connectivity index (χ0v) is 26.5. The number of amides is 1. The van der Waals surface area contributed by atoms with E-state index in [1.807, 2.05) is 0 Å². The Bertz CT molecular complexity index is 1680. The van der Waals surface area contributed by atoms with Gasteiger partial charge < -0.3 is 19.5 Å². The average molecular weight is 694 g/mol. The minimum Gasteiger partial charge on any atom is -0.490 e. The van der Waals surface area contributed by atoms with Crippen molar-refractivity contribution < 1.29 is 50.5 Å². The molecule has 262 valence electrons. The Morgan fingerprint density at radius 2 is 1.71 bits per heavy atom. The average Bonchev–Trinajstić information content (AvgIpc) is 3.05. The first kappa shape index (κ1) is 36.8. The Balaban J connectivity index is 1.84. The quantitative estimate of drug-likeness (QED) is 0.149. The number of hydrogen-bond donors (Lipinski definition) is 1. The first-order valence-electron chi connectivity index (χ1n) is 15.4. The molecule has 1 amide bonds. The number of hydrogen-bond acceptors (Lipinski definition) is 8. The third-order valence-corrected chi connectivity index (χ3v) is 7.87. The number of unbranched alkanes of at least 4 members (excludes halogenated alkanes) is 1. The molecule has 1 aromatic heterocycles. The fourth-order valence-electron chi connectivity index (χ4n) is 5.62. The van der Waals surface area contributed by atoms with Gasteiger partial charge in [-0.25, -0.2) is 14.8 Å². The highest BCUT2D eigenvalue weighted by Gasteiger charge is 2.42. The number of halogens is 6. The molecule has 2 heterocycles. The Morgan fingerprint density at radius 3 is 2.31 bits per heavy atom. The van der Waals surface area contributed by atoms with E-state index in [4.69, 9.17) is 14.6 Å². The van der Waals surface area contributed by atoms with Gasteiger partial charge >= 0.3 is 24.4 Å². The van der Waals surface area contributed by atoms with E-state index in [0.717, 1.165) is 18.2 Å². The molecule has 4 rings (SSSR count). The van der Waals surface area contributed by atoms with Crippen LogP contribution in [-0.2, 0) is 28.4 Å². The molecule has 0 bridgehead atoms. The number of aromatic nitrogens is 2. The summed E-state index contributed by atoms with van der Waals surface area (Å²) in [4.78, 5) is 35.3. The van der Waals surface area contributed by atoms with Crippen LogP contribution in [0.3, 0.4) is 0 Å². The molecule has 49 heavy (non-hydrogen) atoms. The fourth-order valence-corrected chi connectivity index (χ4v) is 5.62. The number of fused-ring (bicyclic) bond motifs is 1. The van der Waals surface area contributed by atoms with Crippen molar-refractivity contribution in [2.75, 3.05) is 23.0 Å². The summed E-state index contributed by atoms with van der Waals surface area (Å²) in [6.45, 7) is 3.17. The van der Waals surface area contributed by atoms with Crippen molar-refractivity contribution in [2.45, 2.75) is 76.9 Å². The van der Waals surface area contributed by atoms with E-state index in [2.05, 4.69) is 9.97 Å². The molecule has 0 saturated heterocycles. The zero-order valence-electron chi connectivity index (χ0n) is 26.5. The first-order chi connectivity index (χ1) is 23.2. The van der Waals surface area contributed by atoms with Gasteiger partial charge in [0.2, 0.25) is 5.95 Å². The Morgan fingerprint density at radius 1 is 1.02 bits per heavy atom. The summed E-state index contributed by atoms with van der Waals surface area (Å²) in [7, 11) is 0. The number of nitriles is 1. The Labute approximate surface area is 277 Å². The van der Waals surface area contributed by atoms with Crippen LogP contribution in [0.15, 0.2) is 48.8 Å². The van der Waals surface area contributed by atoms with Gasteiger partial charge in [-0.2, -0.15) is 31.6 Å². The predicted molar refractivity (Wildman–Crippen MR) is 164 cm³/mol. The van der Waals surface area contributed by atoms with Gasteiger partial charge in [0.1, 0.15) is 0 Å². The lowest BCUT2D eigenvalue weighted by molar-refractivity contribution is -0.138. The Hall–Kier alpha value is -5.07. The Kier molecular flexibility index (Phi) is 11.6. The van der Waals surface area contributed by atoms with Crippen molar-refractivity contribution in [3.05, 3.63) is 76.6 Å². The highest BCUT2D eigenvalue weighted by molar-refractivity contribution is 5.90. The van der Waals surface area contributed by atoms with Crippen LogP contribution in [0.5, 0.6) is 5.75 Å². The molecule has 0 aliphatic carbocycles. The smallest absolute Gasteiger partial charge is 0.416 e. The van der Waals surface area contributed by atoms with Crippen molar-refractivity contribution in [1.82, 2.24) is 9.97 Å². The van der Waals surface area contributed by atoms with Gasteiger partial charge in [-0.3, -0.25) is 9.69 Å². The summed E-state index contributed by atoms with van der Waals surface area (Å²) in [5, 5.41) is 18.3. The number of carboxylic acid groups (broad SMARTS) is 1. The number of ether oxygens (including phenoxy) is 2. The summed E-state index contributed by atoms with van der Waals surface area (Å²) in [5.41, 5.74) is -2.18. The van der Waals surface area contributed by atoms with Crippen molar-refractivity contribution >= 4 is 23.7 Å². The summed E-state index contributed by atoms with van der Waals surface area (Å²) in [5.74, 6) is -0.812. The molecular formula is C33H33F6N5O5. The maximum absolute atomic E-state index is 14.0. The summed E-state index contributed by atoms with van der Waals surface area (Å²) in [6.07, 6.45) is -6.61. The number of nitrogens with zero attached hydrogens (tertiary/aromatic N) is 5. The predicted octanol–water partition coefficient (Wildman–Crippen LogP) is 7.91. The number of carboxylic acids is 1. The molecule has 0 radical (unpaired) electrons. The number of benzene rings is 2. The van der Waals surface area contributed by atoms with E-state index in [1.54, 1.807) is 19.9 Å². The van der Waals surface area contributed by atoms with E-state index < -0.39 is 47.6 Å². The number of anilines is 2. The third-order valence-electron chi connectivity index (χ3n) is 7.87. The lowest BCUT2D eigenvalue weighted by Gasteiger charge is -2.44. The second-order valence-corrected chi connectivity index (χ2v) is 11.2. The molecule has 0 saturated carbocycles. The van der Waals surface area contributed by atoms with Gasteiger partial charge in [0.15, 0.2) is 5.75 Å². The molecule has 0 fully saturated rings. The highest BCUT2D eigenvalue weighted by Crippen LogP contribution is 2.46. The van der Waals surface area contributed by atoms with Gasteiger partial charge in [-0.05, 0) is 80.1 Å². The van der Waals surface area contributed by atoms with Gasteiger partial charge in [0.05, 0.1) is 60.1 Å². The van der Waals surface area contributed by atoms with Gasteiger partial charge in [0, 0.05) is 19.0 Å². The molecule has 0 spiro atoms. The molecule has 1 N–H and O–H groups in total.